The lowest BCUT2D eigenvalue weighted by Crippen LogP contribution is -2.23. The predicted octanol–water partition coefficient (Wildman–Crippen LogP) is 1.08. The number of hydrogen-bond acceptors (Lipinski definition) is 3. The second kappa shape index (κ2) is 6.88. The molecule has 1 rings (SSSR count). The van der Waals surface area contributed by atoms with E-state index in [9.17, 15) is 5.11 Å². The van der Waals surface area contributed by atoms with Gasteiger partial charge >= 0.3 is 0 Å². The summed E-state index contributed by atoms with van der Waals surface area (Å²) in [5.74, 6) is 3.05. The molecule has 1 N–H and O–H groups in total. The highest BCUT2D eigenvalue weighted by molar-refractivity contribution is 5.20. The third-order valence-corrected chi connectivity index (χ3v) is 1.68. The zero-order chi connectivity index (χ0) is 10.9. The maximum atomic E-state index is 9.42. The van der Waals surface area contributed by atoms with Crippen molar-refractivity contribution in [1.29, 1.82) is 0 Å². The summed E-state index contributed by atoms with van der Waals surface area (Å²) in [6.45, 7) is 0.605. The van der Waals surface area contributed by atoms with Crippen molar-refractivity contribution in [3.05, 3.63) is 30.3 Å². The van der Waals surface area contributed by atoms with Crippen LogP contribution >= 0.6 is 0 Å². The standard InChI is InChI=1S/C12H14O3/c1-2-8-14-9-11(13)10-15-12-6-4-3-5-7-12/h1,3-7,11,13H,8-10H2. The monoisotopic (exact) mass is 206 g/mol. The fourth-order valence-corrected chi connectivity index (χ4v) is 1.01. The maximum absolute atomic E-state index is 9.42. The first-order chi connectivity index (χ1) is 7.33. The number of ether oxygens (including phenoxy) is 2. The van der Waals surface area contributed by atoms with Gasteiger partial charge in [0.05, 0.1) is 6.61 Å². The van der Waals surface area contributed by atoms with Crippen LogP contribution in [0.2, 0.25) is 0 Å². The van der Waals surface area contributed by atoms with E-state index in [0.717, 1.165) is 5.75 Å². The van der Waals surface area contributed by atoms with E-state index in [1.165, 1.54) is 0 Å². The first-order valence-corrected chi connectivity index (χ1v) is 4.70. The molecular formula is C12H14O3. The fraction of sp³-hybridized carbons (Fsp3) is 0.333. The highest BCUT2D eigenvalue weighted by Crippen LogP contribution is 2.08. The molecule has 0 fully saturated rings. The Hall–Kier alpha value is -1.50. The molecule has 15 heavy (non-hydrogen) atoms. The van der Waals surface area contributed by atoms with E-state index in [1.807, 2.05) is 30.3 Å². The summed E-state index contributed by atoms with van der Waals surface area (Å²) in [6.07, 6.45) is 4.34. The minimum absolute atomic E-state index is 0.192. The Labute approximate surface area is 89.6 Å². The van der Waals surface area contributed by atoms with Gasteiger partial charge in [0.25, 0.3) is 0 Å². The third kappa shape index (κ3) is 5.06. The predicted molar refractivity (Wildman–Crippen MR) is 57.6 cm³/mol. The lowest BCUT2D eigenvalue weighted by atomic mass is 10.3. The summed E-state index contributed by atoms with van der Waals surface area (Å²) in [5.41, 5.74) is 0. The normalized spacial score (nSPS) is 11.7. The zero-order valence-electron chi connectivity index (χ0n) is 8.43. The van der Waals surface area contributed by atoms with Crippen molar-refractivity contribution in [3.8, 4) is 18.1 Å². The molecule has 0 saturated carbocycles. The van der Waals surface area contributed by atoms with Gasteiger partial charge in [-0.05, 0) is 12.1 Å². The molecule has 0 heterocycles. The highest BCUT2D eigenvalue weighted by atomic mass is 16.5. The molecule has 0 saturated heterocycles. The first kappa shape index (κ1) is 11.6. The number of aliphatic hydroxyl groups excluding tert-OH is 1. The van der Waals surface area contributed by atoms with Crippen LogP contribution in [0, 0.1) is 12.3 Å². The zero-order valence-corrected chi connectivity index (χ0v) is 8.43. The fourth-order valence-electron chi connectivity index (χ4n) is 1.01. The van der Waals surface area contributed by atoms with Crippen molar-refractivity contribution in [2.45, 2.75) is 6.10 Å². The summed E-state index contributed by atoms with van der Waals surface area (Å²) in [6, 6.07) is 9.30. The van der Waals surface area contributed by atoms with Gasteiger partial charge in [0.15, 0.2) is 0 Å². The van der Waals surface area contributed by atoms with E-state index in [0.29, 0.717) is 0 Å². The average molecular weight is 206 g/mol. The van der Waals surface area contributed by atoms with Crippen LogP contribution in [0.4, 0.5) is 0 Å². The van der Waals surface area contributed by atoms with Crippen molar-refractivity contribution in [1.82, 2.24) is 0 Å². The summed E-state index contributed by atoms with van der Waals surface area (Å²) in [4.78, 5) is 0. The van der Waals surface area contributed by atoms with Crippen LogP contribution in [0.3, 0.4) is 0 Å². The molecule has 1 atom stereocenters. The maximum Gasteiger partial charge on any atom is 0.119 e. The van der Waals surface area contributed by atoms with E-state index >= 15 is 0 Å². The summed E-state index contributed by atoms with van der Waals surface area (Å²) >= 11 is 0. The second-order valence-electron chi connectivity index (χ2n) is 3.00. The van der Waals surface area contributed by atoms with E-state index in [1.54, 1.807) is 0 Å². The van der Waals surface area contributed by atoms with Crippen molar-refractivity contribution < 1.29 is 14.6 Å². The Balaban J connectivity index is 2.17. The minimum atomic E-state index is -0.654. The molecule has 0 aromatic heterocycles. The Bertz CT molecular complexity index is 302. The van der Waals surface area contributed by atoms with Gasteiger partial charge in [-0.15, -0.1) is 6.42 Å². The Morgan fingerprint density at radius 3 is 2.67 bits per heavy atom. The first-order valence-electron chi connectivity index (χ1n) is 4.70. The lowest BCUT2D eigenvalue weighted by Gasteiger charge is -2.11. The molecule has 0 aliphatic rings. The molecule has 3 heteroatoms. The Morgan fingerprint density at radius 1 is 1.27 bits per heavy atom. The number of aliphatic hydroxyl groups is 1. The average Bonchev–Trinajstić information content (AvgIpc) is 2.28. The molecule has 0 amide bonds. The van der Waals surface area contributed by atoms with Crippen molar-refractivity contribution in [2.75, 3.05) is 19.8 Å². The van der Waals surface area contributed by atoms with Gasteiger partial charge in [-0.1, -0.05) is 24.1 Å². The summed E-state index contributed by atoms with van der Waals surface area (Å²) in [5, 5.41) is 9.42. The molecule has 80 valence electrons. The third-order valence-electron chi connectivity index (χ3n) is 1.68. The molecule has 1 aromatic carbocycles. The highest BCUT2D eigenvalue weighted by Gasteiger charge is 2.04. The van der Waals surface area contributed by atoms with Crippen LogP contribution in [0.25, 0.3) is 0 Å². The van der Waals surface area contributed by atoms with E-state index in [2.05, 4.69) is 5.92 Å². The SMILES string of the molecule is C#CCOCC(O)COc1ccccc1. The largest absolute Gasteiger partial charge is 0.491 e. The smallest absolute Gasteiger partial charge is 0.119 e. The molecule has 0 radical (unpaired) electrons. The van der Waals surface area contributed by atoms with E-state index in [-0.39, 0.29) is 19.8 Å². The van der Waals surface area contributed by atoms with Crippen LogP contribution in [0.1, 0.15) is 0 Å². The number of benzene rings is 1. The second-order valence-corrected chi connectivity index (χ2v) is 3.00. The van der Waals surface area contributed by atoms with Crippen molar-refractivity contribution in [2.24, 2.45) is 0 Å². The minimum Gasteiger partial charge on any atom is -0.491 e. The number of para-hydroxylation sites is 1. The van der Waals surface area contributed by atoms with Crippen LogP contribution in [0.15, 0.2) is 30.3 Å². The van der Waals surface area contributed by atoms with Gasteiger partial charge < -0.3 is 14.6 Å². The van der Waals surface area contributed by atoms with Gasteiger partial charge in [-0.25, -0.2) is 0 Å². The van der Waals surface area contributed by atoms with Crippen LogP contribution < -0.4 is 4.74 Å². The quantitative estimate of drug-likeness (QED) is 0.559. The van der Waals surface area contributed by atoms with Gasteiger partial charge in [0, 0.05) is 0 Å². The molecule has 1 aromatic rings. The molecule has 0 aliphatic carbocycles. The van der Waals surface area contributed by atoms with Crippen LogP contribution in [-0.2, 0) is 4.74 Å². The van der Waals surface area contributed by atoms with Gasteiger partial charge in [0.1, 0.15) is 25.1 Å². The molecule has 0 aliphatic heterocycles. The van der Waals surface area contributed by atoms with Crippen molar-refractivity contribution in [3.63, 3.8) is 0 Å². The van der Waals surface area contributed by atoms with Crippen LogP contribution in [-0.4, -0.2) is 31.0 Å². The number of rotatable bonds is 6. The van der Waals surface area contributed by atoms with E-state index in [4.69, 9.17) is 15.9 Å². The molecular weight excluding hydrogens is 192 g/mol. The van der Waals surface area contributed by atoms with Crippen LogP contribution in [0.5, 0.6) is 5.75 Å². The molecule has 1 unspecified atom stereocenters. The lowest BCUT2D eigenvalue weighted by molar-refractivity contribution is 0.0229. The molecule has 3 nitrogen and oxygen atoms in total. The Morgan fingerprint density at radius 2 is 2.00 bits per heavy atom. The van der Waals surface area contributed by atoms with Gasteiger partial charge in [-0.2, -0.15) is 0 Å². The summed E-state index contributed by atoms with van der Waals surface area (Å²) in [7, 11) is 0. The number of hydrogen-bond donors (Lipinski definition) is 1. The number of terminal acetylenes is 1. The van der Waals surface area contributed by atoms with Gasteiger partial charge in [-0.3, -0.25) is 0 Å². The summed E-state index contributed by atoms with van der Waals surface area (Å²) < 4.78 is 10.3. The van der Waals surface area contributed by atoms with E-state index < -0.39 is 6.10 Å². The Kier molecular flexibility index (Phi) is 5.31. The van der Waals surface area contributed by atoms with Crippen molar-refractivity contribution >= 4 is 0 Å². The topological polar surface area (TPSA) is 38.7 Å². The molecule has 0 bridgehead atoms. The van der Waals surface area contributed by atoms with Gasteiger partial charge in [0.2, 0.25) is 0 Å². The molecule has 0 spiro atoms.